The molecule has 8 heteroatoms. The van der Waals surface area contributed by atoms with Gasteiger partial charge in [-0.2, -0.15) is 5.26 Å². The molecule has 7 nitrogen and oxygen atoms in total. The van der Waals surface area contributed by atoms with E-state index in [4.69, 9.17) is 14.2 Å². The van der Waals surface area contributed by atoms with E-state index in [-0.39, 0.29) is 24.1 Å². The Hall–Kier alpha value is -3.67. The van der Waals surface area contributed by atoms with E-state index in [1.54, 1.807) is 32.5 Å². The van der Waals surface area contributed by atoms with Crippen molar-refractivity contribution in [2.24, 2.45) is 5.92 Å². The van der Waals surface area contributed by atoms with Crippen LogP contribution >= 0.6 is 0 Å². The Morgan fingerprint density at radius 1 is 1.15 bits per heavy atom. The molecule has 2 atom stereocenters. The number of likely N-dealkylation sites (N-methyl/N-ethyl adjacent to an activating group) is 1. The smallest absolute Gasteiger partial charge is 0.160 e. The van der Waals surface area contributed by atoms with Crippen LogP contribution in [0.4, 0.5) is 4.39 Å². The SMILES string of the molecule is COc1ccc(CCN(C)CCCC(C#N)(c2ncc3c(c2O)COC3c2ccc(F)cc2)C(C)C)cc1OC. The lowest BCUT2D eigenvalue weighted by Gasteiger charge is -2.32. The zero-order valence-corrected chi connectivity index (χ0v) is 23.9. The molecule has 1 aromatic heterocycles. The van der Waals surface area contributed by atoms with E-state index < -0.39 is 11.5 Å². The fraction of sp³-hybridized carbons (Fsp3) is 0.438. The molecule has 1 aliphatic heterocycles. The van der Waals surface area contributed by atoms with E-state index >= 15 is 0 Å². The number of nitriles is 1. The van der Waals surface area contributed by atoms with Gasteiger partial charge in [0.05, 0.1) is 26.9 Å². The summed E-state index contributed by atoms with van der Waals surface area (Å²) >= 11 is 0. The van der Waals surface area contributed by atoms with E-state index in [9.17, 15) is 14.8 Å². The Bertz CT molecular complexity index is 1360. The summed E-state index contributed by atoms with van der Waals surface area (Å²) in [5, 5.41) is 21.8. The monoisotopic (exact) mass is 547 g/mol. The summed E-state index contributed by atoms with van der Waals surface area (Å²) in [5.41, 5.74) is 2.80. The molecule has 2 heterocycles. The third-order valence-electron chi connectivity index (χ3n) is 7.99. The topological polar surface area (TPSA) is 87.8 Å². The van der Waals surface area contributed by atoms with Gasteiger partial charge in [-0.25, -0.2) is 4.39 Å². The van der Waals surface area contributed by atoms with Gasteiger partial charge in [-0.1, -0.05) is 32.0 Å². The van der Waals surface area contributed by atoms with E-state index in [1.165, 1.54) is 12.1 Å². The second kappa shape index (κ2) is 12.7. The van der Waals surface area contributed by atoms with Crippen LogP contribution in [0.25, 0.3) is 0 Å². The van der Waals surface area contributed by atoms with Crippen LogP contribution in [0.3, 0.4) is 0 Å². The molecule has 2 unspecified atom stereocenters. The third kappa shape index (κ3) is 5.91. The number of nitrogens with zero attached hydrogens (tertiary/aromatic N) is 3. The van der Waals surface area contributed by atoms with Gasteiger partial charge < -0.3 is 24.2 Å². The molecule has 0 radical (unpaired) electrons. The van der Waals surface area contributed by atoms with E-state index in [1.807, 2.05) is 32.0 Å². The molecule has 0 bridgehead atoms. The number of hydrogen-bond acceptors (Lipinski definition) is 7. The Balaban J connectivity index is 1.45. The van der Waals surface area contributed by atoms with Crippen LogP contribution in [-0.2, 0) is 23.2 Å². The number of rotatable bonds is 12. The second-order valence-corrected chi connectivity index (χ2v) is 10.7. The minimum absolute atomic E-state index is 0.0270. The fourth-order valence-corrected chi connectivity index (χ4v) is 5.44. The van der Waals surface area contributed by atoms with Crippen LogP contribution in [0.1, 0.15) is 60.7 Å². The van der Waals surface area contributed by atoms with Crippen LogP contribution in [0.2, 0.25) is 0 Å². The summed E-state index contributed by atoms with van der Waals surface area (Å²) in [7, 11) is 5.33. The van der Waals surface area contributed by atoms with Gasteiger partial charge in [-0.3, -0.25) is 4.98 Å². The highest BCUT2D eigenvalue weighted by molar-refractivity contribution is 5.51. The lowest BCUT2D eigenvalue weighted by atomic mass is 9.71. The predicted molar refractivity (Wildman–Crippen MR) is 151 cm³/mol. The van der Waals surface area contributed by atoms with Crippen LogP contribution in [0, 0.1) is 23.1 Å². The predicted octanol–water partition coefficient (Wildman–Crippen LogP) is 5.94. The minimum Gasteiger partial charge on any atom is -0.506 e. The number of benzene rings is 2. The number of hydrogen-bond donors (Lipinski definition) is 1. The van der Waals surface area contributed by atoms with E-state index in [0.717, 1.165) is 48.4 Å². The largest absolute Gasteiger partial charge is 0.506 e. The molecule has 0 saturated carbocycles. The number of aromatic nitrogens is 1. The molecular formula is C32H38FN3O4. The second-order valence-electron chi connectivity index (χ2n) is 10.7. The number of halogens is 1. The van der Waals surface area contributed by atoms with Gasteiger partial charge in [-0.15, -0.1) is 0 Å². The van der Waals surface area contributed by atoms with Crippen molar-refractivity contribution >= 4 is 0 Å². The van der Waals surface area contributed by atoms with Gasteiger partial charge in [0.25, 0.3) is 0 Å². The Morgan fingerprint density at radius 3 is 2.52 bits per heavy atom. The highest BCUT2D eigenvalue weighted by atomic mass is 19.1. The average Bonchev–Trinajstić information content (AvgIpc) is 3.40. The molecule has 1 aliphatic rings. The summed E-state index contributed by atoms with van der Waals surface area (Å²) in [5.74, 6) is 1.07. The first-order valence-electron chi connectivity index (χ1n) is 13.6. The maximum absolute atomic E-state index is 13.4. The van der Waals surface area contributed by atoms with Gasteiger partial charge in [0.15, 0.2) is 11.5 Å². The Morgan fingerprint density at radius 2 is 1.88 bits per heavy atom. The number of ether oxygens (including phenoxy) is 3. The zero-order valence-electron chi connectivity index (χ0n) is 23.9. The van der Waals surface area contributed by atoms with Gasteiger partial charge in [0.2, 0.25) is 0 Å². The van der Waals surface area contributed by atoms with Crippen molar-refractivity contribution in [2.75, 3.05) is 34.4 Å². The van der Waals surface area contributed by atoms with Crippen molar-refractivity contribution in [2.45, 2.75) is 51.2 Å². The van der Waals surface area contributed by atoms with Crippen molar-refractivity contribution in [1.82, 2.24) is 9.88 Å². The average molecular weight is 548 g/mol. The lowest BCUT2D eigenvalue weighted by molar-refractivity contribution is 0.0931. The molecule has 0 spiro atoms. The van der Waals surface area contributed by atoms with Crippen molar-refractivity contribution in [1.29, 1.82) is 5.26 Å². The number of pyridine rings is 1. The van der Waals surface area contributed by atoms with Crippen molar-refractivity contribution in [3.63, 3.8) is 0 Å². The molecule has 0 aliphatic carbocycles. The molecule has 2 aromatic carbocycles. The summed E-state index contributed by atoms with van der Waals surface area (Å²) in [6.45, 7) is 5.84. The van der Waals surface area contributed by atoms with Crippen molar-refractivity contribution < 1.29 is 23.7 Å². The van der Waals surface area contributed by atoms with E-state index in [0.29, 0.717) is 23.4 Å². The van der Waals surface area contributed by atoms with Crippen LogP contribution in [-0.4, -0.2) is 49.3 Å². The summed E-state index contributed by atoms with van der Waals surface area (Å²) in [6.07, 6.45) is 3.45. The Labute approximate surface area is 236 Å². The molecule has 0 saturated heterocycles. The molecular weight excluding hydrogens is 509 g/mol. The van der Waals surface area contributed by atoms with Gasteiger partial charge in [-0.05, 0) is 74.2 Å². The maximum atomic E-state index is 13.4. The summed E-state index contributed by atoms with van der Waals surface area (Å²) < 4.78 is 30.1. The van der Waals surface area contributed by atoms with Crippen molar-refractivity contribution in [3.8, 4) is 23.3 Å². The highest BCUT2D eigenvalue weighted by Crippen LogP contribution is 2.46. The van der Waals surface area contributed by atoms with Crippen LogP contribution in [0.15, 0.2) is 48.7 Å². The maximum Gasteiger partial charge on any atom is 0.160 e. The first kappa shape index (κ1) is 29.3. The van der Waals surface area contributed by atoms with Gasteiger partial charge in [0, 0.05) is 23.9 Å². The quantitative estimate of drug-likeness (QED) is 0.300. The molecule has 4 rings (SSSR count). The summed E-state index contributed by atoms with van der Waals surface area (Å²) in [6, 6.07) is 14.6. The van der Waals surface area contributed by atoms with Crippen LogP contribution in [0.5, 0.6) is 17.2 Å². The molecule has 212 valence electrons. The van der Waals surface area contributed by atoms with Crippen LogP contribution < -0.4 is 9.47 Å². The first-order valence-corrected chi connectivity index (χ1v) is 13.6. The fourth-order valence-electron chi connectivity index (χ4n) is 5.44. The molecule has 0 amide bonds. The molecule has 3 aromatic rings. The zero-order chi connectivity index (χ0) is 28.9. The normalized spacial score (nSPS) is 16.0. The summed E-state index contributed by atoms with van der Waals surface area (Å²) in [4.78, 5) is 6.90. The van der Waals surface area contributed by atoms with Gasteiger partial charge in [0.1, 0.15) is 28.8 Å². The molecule has 0 fully saturated rings. The number of methoxy groups -OCH3 is 2. The molecule has 1 N–H and O–H groups in total. The Kier molecular flexibility index (Phi) is 9.28. The highest BCUT2D eigenvalue weighted by Gasteiger charge is 2.42. The third-order valence-corrected chi connectivity index (χ3v) is 7.99. The standard InChI is InChI=1S/C32H38FN3O4/c1-21(2)32(20-34,14-6-15-36(3)16-13-22-7-12-27(38-4)28(17-22)39-5)31-29(37)26-19-40-30(25(26)18-35-31)23-8-10-24(33)11-9-23/h7-12,17-18,21,30,37H,6,13-16,19H2,1-5H3. The van der Waals surface area contributed by atoms with Crippen molar-refractivity contribution in [3.05, 3.63) is 82.4 Å². The number of aromatic hydroxyl groups is 1. The lowest BCUT2D eigenvalue weighted by Crippen LogP contribution is -2.34. The number of fused-ring (bicyclic) bond motifs is 1. The van der Waals surface area contributed by atoms with E-state index in [2.05, 4.69) is 23.0 Å². The minimum atomic E-state index is -0.947. The molecule has 40 heavy (non-hydrogen) atoms. The van der Waals surface area contributed by atoms with Gasteiger partial charge >= 0.3 is 0 Å². The first-order chi connectivity index (χ1) is 19.2.